The molecule has 23 heavy (non-hydrogen) atoms. The summed E-state index contributed by atoms with van der Waals surface area (Å²) in [5, 5.41) is 5.60. The topological polar surface area (TPSA) is 84.2 Å². The number of rotatable bonds is 8. The van der Waals surface area contributed by atoms with Crippen LogP contribution >= 0.6 is 12.4 Å². The smallest absolute Gasteiger partial charge is 0.242 e. The molecule has 5 nitrogen and oxygen atoms in total. The van der Waals surface area contributed by atoms with Crippen LogP contribution in [-0.2, 0) is 16.1 Å². The summed E-state index contributed by atoms with van der Waals surface area (Å²) in [6, 6.07) is 9.07. The van der Waals surface area contributed by atoms with E-state index < -0.39 is 11.5 Å². The summed E-state index contributed by atoms with van der Waals surface area (Å²) in [5.41, 5.74) is 6.19. The maximum absolute atomic E-state index is 12.4. The van der Waals surface area contributed by atoms with Gasteiger partial charge in [0.2, 0.25) is 11.8 Å². The van der Waals surface area contributed by atoms with E-state index in [0.29, 0.717) is 19.4 Å². The van der Waals surface area contributed by atoms with Crippen molar-refractivity contribution >= 4 is 24.2 Å². The molecule has 0 radical (unpaired) electrons. The van der Waals surface area contributed by atoms with Crippen LogP contribution in [0.15, 0.2) is 30.3 Å². The summed E-state index contributed by atoms with van der Waals surface area (Å²) in [7, 11) is 0. The van der Waals surface area contributed by atoms with E-state index in [-0.39, 0.29) is 30.8 Å². The van der Waals surface area contributed by atoms with Crippen LogP contribution in [0.1, 0.15) is 39.2 Å². The first-order valence-electron chi connectivity index (χ1n) is 7.81. The number of amides is 2. The van der Waals surface area contributed by atoms with Crippen molar-refractivity contribution in [2.24, 2.45) is 11.1 Å². The van der Waals surface area contributed by atoms with Crippen LogP contribution < -0.4 is 16.4 Å². The van der Waals surface area contributed by atoms with Gasteiger partial charge >= 0.3 is 0 Å². The number of nitrogens with one attached hydrogen (secondary N) is 2. The standard InChI is InChI=1S/C17H27N3O2.ClH/c1-4-17(5-2,12-18)16(22)20-13(3)15(21)19-11-14-9-7-6-8-10-14;/h6-10,13H,4-5,11-12,18H2,1-3H3,(H,19,21)(H,20,22);1H. The predicted octanol–water partition coefficient (Wildman–Crippen LogP) is 1.99. The molecule has 0 aliphatic carbocycles. The van der Waals surface area contributed by atoms with E-state index in [1.165, 1.54) is 0 Å². The van der Waals surface area contributed by atoms with Crippen LogP contribution in [0, 0.1) is 5.41 Å². The maximum atomic E-state index is 12.4. The third-order valence-electron chi connectivity index (χ3n) is 4.28. The van der Waals surface area contributed by atoms with Gasteiger partial charge in [-0.05, 0) is 25.3 Å². The lowest BCUT2D eigenvalue weighted by molar-refractivity contribution is -0.135. The van der Waals surface area contributed by atoms with Crippen molar-refractivity contribution < 1.29 is 9.59 Å². The minimum absolute atomic E-state index is 0. The van der Waals surface area contributed by atoms with Gasteiger partial charge in [-0.2, -0.15) is 0 Å². The Morgan fingerprint density at radius 1 is 1.17 bits per heavy atom. The zero-order chi connectivity index (χ0) is 16.6. The first-order chi connectivity index (χ1) is 10.5. The van der Waals surface area contributed by atoms with Crippen LogP contribution in [-0.4, -0.2) is 24.4 Å². The molecule has 4 N–H and O–H groups in total. The number of carbonyl (C=O) groups is 2. The van der Waals surface area contributed by atoms with Crippen LogP contribution in [0.4, 0.5) is 0 Å². The van der Waals surface area contributed by atoms with Crippen LogP contribution in [0.5, 0.6) is 0 Å². The lowest BCUT2D eigenvalue weighted by Crippen LogP contribution is -2.52. The zero-order valence-electron chi connectivity index (χ0n) is 14.1. The zero-order valence-corrected chi connectivity index (χ0v) is 14.9. The summed E-state index contributed by atoms with van der Waals surface area (Å²) in [6.07, 6.45) is 1.31. The van der Waals surface area contributed by atoms with Gasteiger partial charge in [0, 0.05) is 13.1 Å². The normalized spacial score (nSPS) is 12.0. The van der Waals surface area contributed by atoms with Crippen molar-refractivity contribution in [3.63, 3.8) is 0 Å². The molecule has 6 heteroatoms. The SMILES string of the molecule is CCC(CC)(CN)C(=O)NC(C)C(=O)NCc1ccccc1.Cl. The van der Waals surface area contributed by atoms with Gasteiger partial charge < -0.3 is 16.4 Å². The van der Waals surface area contributed by atoms with Gasteiger partial charge in [-0.3, -0.25) is 9.59 Å². The Bertz CT molecular complexity index is 482. The molecule has 1 aromatic rings. The van der Waals surface area contributed by atoms with Gasteiger partial charge in [-0.15, -0.1) is 12.4 Å². The molecule has 2 amide bonds. The Morgan fingerprint density at radius 3 is 2.22 bits per heavy atom. The average Bonchev–Trinajstić information content (AvgIpc) is 2.55. The molecular weight excluding hydrogens is 314 g/mol. The summed E-state index contributed by atoms with van der Waals surface area (Å²) >= 11 is 0. The predicted molar refractivity (Wildman–Crippen MR) is 95.2 cm³/mol. The third-order valence-corrected chi connectivity index (χ3v) is 4.28. The second kappa shape index (κ2) is 10.2. The van der Waals surface area contributed by atoms with E-state index in [0.717, 1.165) is 5.56 Å². The van der Waals surface area contributed by atoms with Gasteiger partial charge in [0.25, 0.3) is 0 Å². The second-order valence-electron chi connectivity index (χ2n) is 5.59. The molecule has 0 bridgehead atoms. The maximum Gasteiger partial charge on any atom is 0.242 e. The Morgan fingerprint density at radius 2 is 1.74 bits per heavy atom. The molecule has 0 aromatic heterocycles. The monoisotopic (exact) mass is 341 g/mol. The van der Waals surface area contributed by atoms with Crippen molar-refractivity contribution in [1.82, 2.24) is 10.6 Å². The quantitative estimate of drug-likeness (QED) is 0.676. The first-order valence-corrected chi connectivity index (χ1v) is 7.81. The van der Waals surface area contributed by atoms with E-state index in [1.54, 1.807) is 6.92 Å². The van der Waals surface area contributed by atoms with Crippen molar-refractivity contribution in [2.45, 2.75) is 46.2 Å². The van der Waals surface area contributed by atoms with Gasteiger partial charge in [-0.25, -0.2) is 0 Å². The van der Waals surface area contributed by atoms with Crippen molar-refractivity contribution in [1.29, 1.82) is 0 Å². The molecule has 1 aromatic carbocycles. The molecule has 0 aliphatic rings. The van der Waals surface area contributed by atoms with Crippen LogP contribution in [0.25, 0.3) is 0 Å². The molecule has 1 atom stereocenters. The van der Waals surface area contributed by atoms with E-state index in [2.05, 4.69) is 10.6 Å². The number of hydrogen-bond acceptors (Lipinski definition) is 3. The van der Waals surface area contributed by atoms with E-state index in [9.17, 15) is 9.59 Å². The third kappa shape index (κ3) is 5.84. The summed E-state index contributed by atoms with van der Waals surface area (Å²) < 4.78 is 0. The Balaban J connectivity index is 0.00000484. The summed E-state index contributed by atoms with van der Waals surface area (Å²) in [4.78, 5) is 24.5. The molecule has 0 saturated heterocycles. The number of nitrogens with two attached hydrogens (primary N) is 1. The van der Waals surface area contributed by atoms with Gasteiger partial charge in [0.05, 0.1) is 5.41 Å². The molecule has 1 unspecified atom stereocenters. The molecular formula is C17H28ClN3O2. The summed E-state index contributed by atoms with van der Waals surface area (Å²) in [6.45, 7) is 6.30. The van der Waals surface area contributed by atoms with Crippen molar-refractivity contribution in [3.8, 4) is 0 Å². The second-order valence-corrected chi connectivity index (χ2v) is 5.59. The van der Waals surface area contributed by atoms with Crippen LogP contribution in [0.2, 0.25) is 0 Å². The van der Waals surface area contributed by atoms with Crippen molar-refractivity contribution in [3.05, 3.63) is 35.9 Å². The minimum atomic E-state index is -0.589. The van der Waals surface area contributed by atoms with Gasteiger partial charge in [0.15, 0.2) is 0 Å². The van der Waals surface area contributed by atoms with Gasteiger partial charge in [0.1, 0.15) is 6.04 Å². The minimum Gasteiger partial charge on any atom is -0.350 e. The Kier molecular flexibility index (Phi) is 9.53. The largest absolute Gasteiger partial charge is 0.350 e. The molecule has 1 rings (SSSR count). The van der Waals surface area contributed by atoms with Crippen molar-refractivity contribution in [2.75, 3.05) is 6.54 Å². The van der Waals surface area contributed by atoms with E-state index in [4.69, 9.17) is 5.73 Å². The Hall–Kier alpha value is -1.59. The fourth-order valence-corrected chi connectivity index (χ4v) is 2.31. The fourth-order valence-electron chi connectivity index (χ4n) is 2.31. The lowest BCUT2D eigenvalue weighted by Gasteiger charge is -2.30. The number of benzene rings is 1. The summed E-state index contributed by atoms with van der Waals surface area (Å²) in [5.74, 6) is -0.349. The highest BCUT2D eigenvalue weighted by molar-refractivity contribution is 5.89. The molecule has 0 heterocycles. The highest BCUT2D eigenvalue weighted by Gasteiger charge is 2.34. The van der Waals surface area contributed by atoms with Crippen LogP contribution in [0.3, 0.4) is 0 Å². The highest BCUT2D eigenvalue weighted by Crippen LogP contribution is 2.25. The number of carbonyl (C=O) groups excluding carboxylic acids is 2. The molecule has 130 valence electrons. The lowest BCUT2D eigenvalue weighted by atomic mass is 9.81. The fraction of sp³-hybridized carbons (Fsp3) is 0.529. The number of halogens is 1. The molecule has 0 spiro atoms. The Labute approximate surface area is 144 Å². The highest BCUT2D eigenvalue weighted by atomic mass is 35.5. The molecule has 0 fully saturated rings. The molecule has 0 saturated carbocycles. The first kappa shape index (κ1) is 21.4. The average molecular weight is 342 g/mol. The van der Waals surface area contributed by atoms with E-state index >= 15 is 0 Å². The number of hydrogen-bond donors (Lipinski definition) is 3. The molecule has 0 aliphatic heterocycles. The van der Waals surface area contributed by atoms with Gasteiger partial charge in [-0.1, -0.05) is 44.2 Å². The van der Waals surface area contributed by atoms with E-state index in [1.807, 2.05) is 44.2 Å².